The standard InChI is InChI=1S/C25H29N5O2/c1-17(2)20-15-21(29(3)28-20)24(31)30-12-10-25(11-13-30)22-19(9-14-32-25)16-26-23(27-22)18-7-5-4-6-8-18/h4-8,15-17H,9-14H2,1-3H3. The summed E-state index contributed by atoms with van der Waals surface area (Å²) in [4.78, 5) is 24.7. The summed E-state index contributed by atoms with van der Waals surface area (Å²) < 4.78 is 8.07. The average molecular weight is 432 g/mol. The molecule has 166 valence electrons. The van der Waals surface area contributed by atoms with Crippen molar-refractivity contribution in [2.45, 2.75) is 44.6 Å². The van der Waals surface area contributed by atoms with Crippen LogP contribution in [0.2, 0.25) is 0 Å². The van der Waals surface area contributed by atoms with Gasteiger partial charge in [-0.3, -0.25) is 9.48 Å². The first-order valence-electron chi connectivity index (χ1n) is 11.4. The molecule has 0 atom stereocenters. The van der Waals surface area contributed by atoms with E-state index in [9.17, 15) is 4.79 Å². The fourth-order valence-electron chi connectivity index (χ4n) is 4.72. The predicted octanol–water partition coefficient (Wildman–Crippen LogP) is 3.70. The lowest BCUT2D eigenvalue weighted by Crippen LogP contribution is -2.49. The summed E-state index contributed by atoms with van der Waals surface area (Å²) in [5, 5.41) is 4.51. The third-order valence-electron chi connectivity index (χ3n) is 6.65. The third kappa shape index (κ3) is 3.60. The molecule has 0 aliphatic carbocycles. The second-order valence-electron chi connectivity index (χ2n) is 9.05. The van der Waals surface area contributed by atoms with Gasteiger partial charge >= 0.3 is 0 Å². The van der Waals surface area contributed by atoms with Gasteiger partial charge in [-0.15, -0.1) is 0 Å². The maximum atomic E-state index is 13.2. The molecule has 0 unspecified atom stereocenters. The molecule has 2 aliphatic heterocycles. The summed E-state index contributed by atoms with van der Waals surface area (Å²) >= 11 is 0. The van der Waals surface area contributed by atoms with Crippen molar-refractivity contribution in [3.05, 3.63) is 65.2 Å². The highest BCUT2D eigenvalue weighted by Crippen LogP contribution is 2.41. The maximum absolute atomic E-state index is 13.2. The predicted molar refractivity (Wildman–Crippen MR) is 121 cm³/mol. The minimum Gasteiger partial charge on any atom is -0.368 e. The molecule has 4 heterocycles. The number of nitrogens with zero attached hydrogens (tertiary/aromatic N) is 5. The Labute approximate surface area is 188 Å². The largest absolute Gasteiger partial charge is 0.368 e. The molecule has 7 nitrogen and oxygen atoms in total. The molecule has 3 aromatic rings. The van der Waals surface area contributed by atoms with E-state index < -0.39 is 5.60 Å². The maximum Gasteiger partial charge on any atom is 0.272 e. The van der Waals surface area contributed by atoms with Crippen molar-refractivity contribution in [3.63, 3.8) is 0 Å². The zero-order valence-electron chi connectivity index (χ0n) is 18.9. The number of rotatable bonds is 3. The Morgan fingerprint density at radius 3 is 2.59 bits per heavy atom. The van der Waals surface area contributed by atoms with Crippen LogP contribution in [0.4, 0.5) is 0 Å². The molecule has 1 spiro atoms. The molecular formula is C25H29N5O2. The van der Waals surface area contributed by atoms with E-state index in [4.69, 9.17) is 9.72 Å². The molecule has 32 heavy (non-hydrogen) atoms. The quantitative estimate of drug-likeness (QED) is 0.632. The van der Waals surface area contributed by atoms with E-state index in [2.05, 4.69) is 23.9 Å². The van der Waals surface area contributed by atoms with Gasteiger partial charge in [-0.2, -0.15) is 5.10 Å². The molecule has 5 rings (SSSR count). The molecule has 2 aromatic heterocycles. The SMILES string of the molecule is CC(C)c1cc(C(=O)N2CCC3(CC2)OCCc2cnc(-c4ccccc4)nc23)n(C)n1. The van der Waals surface area contributed by atoms with Crippen LogP contribution in [0.5, 0.6) is 0 Å². The molecule has 1 amide bonds. The van der Waals surface area contributed by atoms with E-state index in [-0.39, 0.29) is 11.8 Å². The Kier molecular flexibility index (Phi) is 5.29. The van der Waals surface area contributed by atoms with E-state index in [0.717, 1.165) is 47.6 Å². The van der Waals surface area contributed by atoms with Gasteiger partial charge in [0, 0.05) is 31.9 Å². The molecular weight excluding hydrogens is 402 g/mol. The third-order valence-corrected chi connectivity index (χ3v) is 6.65. The molecule has 7 heteroatoms. The van der Waals surface area contributed by atoms with Crippen LogP contribution >= 0.6 is 0 Å². The molecule has 0 N–H and O–H groups in total. The van der Waals surface area contributed by atoms with Gasteiger partial charge in [0.05, 0.1) is 18.0 Å². The van der Waals surface area contributed by atoms with Gasteiger partial charge in [-0.25, -0.2) is 9.97 Å². The van der Waals surface area contributed by atoms with Crippen molar-refractivity contribution >= 4 is 5.91 Å². The van der Waals surface area contributed by atoms with Gasteiger partial charge in [-0.1, -0.05) is 44.2 Å². The molecule has 2 aliphatic rings. The number of amides is 1. The monoisotopic (exact) mass is 431 g/mol. The van der Waals surface area contributed by atoms with Gasteiger partial charge in [-0.05, 0) is 36.8 Å². The normalized spacial score (nSPS) is 17.6. The van der Waals surface area contributed by atoms with Crippen LogP contribution in [0.25, 0.3) is 11.4 Å². The van der Waals surface area contributed by atoms with E-state index in [1.807, 2.05) is 54.5 Å². The summed E-state index contributed by atoms with van der Waals surface area (Å²) in [7, 11) is 1.84. The number of aryl methyl sites for hydroxylation is 1. The van der Waals surface area contributed by atoms with Crippen molar-refractivity contribution in [2.24, 2.45) is 7.05 Å². The minimum atomic E-state index is -0.452. The first kappa shape index (κ1) is 20.8. The number of carbonyl (C=O) groups excluding carboxylic acids is 1. The van der Waals surface area contributed by atoms with Crippen molar-refractivity contribution in [1.29, 1.82) is 0 Å². The fourth-order valence-corrected chi connectivity index (χ4v) is 4.72. The second kappa shape index (κ2) is 8.13. The van der Waals surface area contributed by atoms with E-state index >= 15 is 0 Å². The smallest absolute Gasteiger partial charge is 0.272 e. The molecule has 0 radical (unpaired) electrons. The molecule has 0 saturated carbocycles. The minimum absolute atomic E-state index is 0.0328. The highest BCUT2D eigenvalue weighted by atomic mass is 16.5. The van der Waals surface area contributed by atoms with Crippen LogP contribution < -0.4 is 0 Å². The zero-order chi connectivity index (χ0) is 22.3. The van der Waals surface area contributed by atoms with Crippen molar-refractivity contribution in [1.82, 2.24) is 24.6 Å². The van der Waals surface area contributed by atoms with Crippen LogP contribution in [-0.2, 0) is 23.8 Å². The summed E-state index contributed by atoms with van der Waals surface area (Å²) in [6.07, 6.45) is 4.23. The van der Waals surface area contributed by atoms with Gasteiger partial charge in [0.2, 0.25) is 0 Å². The van der Waals surface area contributed by atoms with Gasteiger partial charge in [0.15, 0.2) is 5.82 Å². The number of fused-ring (bicyclic) bond motifs is 2. The van der Waals surface area contributed by atoms with Crippen molar-refractivity contribution < 1.29 is 9.53 Å². The number of hydrogen-bond donors (Lipinski definition) is 0. The zero-order valence-corrected chi connectivity index (χ0v) is 18.9. The number of piperidine rings is 1. The number of benzene rings is 1. The number of hydrogen-bond acceptors (Lipinski definition) is 5. The number of ether oxygens (including phenoxy) is 1. The van der Waals surface area contributed by atoms with Crippen LogP contribution in [0.15, 0.2) is 42.6 Å². The Morgan fingerprint density at radius 1 is 1.16 bits per heavy atom. The Morgan fingerprint density at radius 2 is 1.91 bits per heavy atom. The summed E-state index contributed by atoms with van der Waals surface area (Å²) in [5.74, 6) is 1.05. The molecule has 1 aromatic carbocycles. The summed E-state index contributed by atoms with van der Waals surface area (Å²) in [6.45, 7) is 6.10. The first-order chi connectivity index (χ1) is 15.5. The lowest BCUT2D eigenvalue weighted by molar-refractivity contribution is -0.0967. The Hall–Kier alpha value is -3.06. The Bertz CT molecular complexity index is 1130. The molecule has 0 bridgehead atoms. The van der Waals surface area contributed by atoms with Gasteiger partial charge in [0.1, 0.15) is 11.3 Å². The number of aromatic nitrogens is 4. The van der Waals surface area contributed by atoms with E-state index in [1.54, 1.807) is 4.68 Å². The van der Waals surface area contributed by atoms with Crippen molar-refractivity contribution in [3.8, 4) is 11.4 Å². The van der Waals surface area contributed by atoms with Crippen LogP contribution in [-0.4, -0.2) is 50.3 Å². The fraction of sp³-hybridized carbons (Fsp3) is 0.440. The van der Waals surface area contributed by atoms with Crippen LogP contribution in [0.3, 0.4) is 0 Å². The molecule has 1 fully saturated rings. The van der Waals surface area contributed by atoms with E-state index in [1.165, 1.54) is 0 Å². The lowest BCUT2D eigenvalue weighted by Gasteiger charge is -2.44. The first-order valence-corrected chi connectivity index (χ1v) is 11.4. The molecule has 1 saturated heterocycles. The van der Waals surface area contributed by atoms with E-state index in [0.29, 0.717) is 25.4 Å². The summed E-state index contributed by atoms with van der Waals surface area (Å²) in [6, 6.07) is 12.0. The summed E-state index contributed by atoms with van der Waals surface area (Å²) in [5.41, 5.74) is 4.28. The number of likely N-dealkylation sites (tertiary alicyclic amines) is 1. The highest BCUT2D eigenvalue weighted by molar-refractivity contribution is 5.92. The van der Waals surface area contributed by atoms with Gasteiger partial charge < -0.3 is 9.64 Å². The number of carbonyl (C=O) groups is 1. The van der Waals surface area contributed by atoms with Gasteiger partial charge in [0.25, 0.3) is 5.91 Å². The Balaban J connectivity index is 1.38. The lowest BCUT2D eigenvalue weighted by atomic mass is 9.83. The van der Waals surface area contributed by atoms with Crippen molar-refractivity contribution in [2.75, 3.05) is 19.7 Å². The highest BCUT2D eigenvalue weighted by Gasteiger charge is 2.43. The van der Waals surface area contributed by atoms with Crippen LogP contribution in [0.1, 0.15) is 60.0 Å². The topological polar surface area (TPSA) is 73.1 Å². The average Bonchev–Trinajstić information content (AvgIpc) is 3.22. The van der Waals surface area contributed by atoms with Crippen LogP contribution in [0, 0.1) is 0 Å². The second-order valence-corrected chi connectivity index (χ2v) is 9.05.